The largest absolute Gasteiger partial charge is 0.480 e. The first-order valence-corrected chi connectivity index (χ1v) is 9.57. The number of aromatic amines is 1. The third-order valence-corrected chi connectivity index (χ3v) is 6.25. The van der Waals surface area contributed by atoms with Crippen LogP contribution in [0.5, 0.6) is 0 Å². The summed E-state index contributed by atoms with van der Waals surface area (Å²) >= 11 is 0. The number of aliphatic carboxylic acids is 1. The fourth-order valence-electron chi connectivity index (χ4n) is 2.84. The fourth-order valence-corrected chi connectivity index (χ4v) is 4.29. The third-order valence-electron chi connectivity index (χ3n) is 4.29. The molecule has 0 aliphatic heterocycles. The number of hydrogen-bond acceptors (Lipinski definition) is 2. The summed E-state index contributed by atoms with van der Waals surface area (Å²) in [6.07, 6.45) is 1.69. The summed E-state index contributed by atoms with van der Waals surface area (Å²) in [5.41, 5.74) is 1.19. The van der Waals surface area contributed by atoms with Crippen LogP contribution in [0.4, 0.5) is 0 Å². The Morgan fingerprint density at radius 3 is 2.44 bits per heavy atom. The Balaban J connectivity index is 1.92. The van der Waals surface area contributed by atoms with Crippen molar-refractivity contribution in [1.82, 2.24) is 10.1 Å². The molecule has 1 aromatic heterocycles. The van der Waals surface area contributed by atoms with Gasteiger partial charge in [0.15, 0.2) is 0 Å². The average Bonchev–Trinajstić information content (AvgIpc) is 3.03. The van der Waals surface area contributed by atoms with E-state index in [1.54, 1.807) is 43.5 Å². The number of nitrogens with one attached hydrogen (secondary N) is 2. The number of fused-ring (bicyclic) bond motifs is 1. The van der Waals surface area contributed by atoms with Gasteiger partial charge in [0, 0.05) is 17.1 Å². The number of carbonyl (C=O) groups is 1. The highest BCUT2D eigenvalue weighted by Gasteiger charge is 2.35. The molecule has 3 aromatic rings. The van der Waals surface area contributed by atoms with E-state index >= 15 is 0 Å². The Hall–Kier alpha value is -2.40. The van der Waals surface area contributed by atoms with Crippen molar-refractivity contribution in [3.63, 3.8) is 0 Å². The average molecular weight is 358 g/mol. The molecule has 3 rings (SSSR count). The summed E-state index contributed by atoms with van der Waals surface area (Å²) in [5, 5.41) is 12.8. The molecule has 4 N–H and O–H groups in total. The molecule has 0 saturated heterocycles. The number of aromatic nitrogens is 1. The summed E-state index contributed by atoms with van der Waals surface area (Å²) in [6.45, 7) is 1.62. The van der Waals surface area contributed by atoms with Gasteiger partial charge in [0.25, 0.3) is 7.52 Å². The van der Waals surface area contributed by atoms with E-state index in [-0.39, 0.29) is 0 Å². The minimum absolute atomic E-state index is 0.426. The molecular weight excluding hydrogens is 339 g/mol. The van der Waals surface area contributed by atoms with Gasteiger partial charge in [-0.25, -0.2) is 5.09 Å². The van der Waals surface area contributed by atoms with Gasteiger partial charge in [-0.15, -0.1) is 0 Å². The van der Waals surface area contributed by atoms with Crippen molar-refractivity contribution >= 4 is 24.4 Å². The summed E-state index contributed by atoms with van der Waals surface area (Å²) in [6, 6.07) is 14.6. The number of carboxylic acid groups (broad SMARTS) is 1. The normalized spacial score (nSPS) is 16.2. The molecule has 0 aliphatic rings. The quantitative estimate of drug-likeness (QED) is 0.502. The van der Waals surface area contributed by atoms with Gasteiger partial charge in [-0.3, -0.25) is 9.36 Å². The topological polar surface area (TPSA) is 102 Å². The minimum Gasteiger partial charge on any atom is -0.480 e. The van der Waals surface area contributed by atoms with E-state index in [1.807, 2.05) is 24.3 Å². The maximum atomic E-state index is 12.9. The highest BCUT2D eigenvalue weighted by atomic mass is 31.2. The second-order valence-electron chi connectivity index (χ2n) is 5.90. The molecule has 2 aromatic carbocycles. The molecule has 25 heavy (non-hydrogen) atoms. The van der Waals surface area contributed by atoms with Gasteiger partial charge in [-0.05, 0) is 24.1 Å². The molecule has 6 nitrogen and oxygen atoms in total. The van der Waals surface area contributed by atoms with Gasteiger partial charge >= 0.3 is 5.97 Å². The molecule has 3 atom stereocenters. The standard InChI is InChI=1S/C18H19N2O4P/c1-12(15-11-19-16-10-6-5-9-14(15)16)25(23,24)20-17(18(21)22)13-7-3-2-4-8-13/h2-12,17,19H,1H3,(H,21,22)(H2,20,23,24). The predicted molar refractivity (Wildman–Crippen MR) is 96.5 cm³/mol. The van der Waals surface area contributed by atoms with Crippen molar-refractivity contribution < 1.29 is 19.4 Å². The van der Waals surface area contributed by atoms with Gasteiger partial charge in [-0.2, -0.15) is 0 Å². The van der Waals surface area contributed by atoms with Gasteiger partial charge in [0.2, 0.25) is 0 Å². The first kappa shape index (κ1) is 17.4. The SMILES string of the molecule is CC(c1c[nH]c2ccccc12)P(=O)(O)NC(C(=O)O)c1ccccc1. The van der Waals surface area contributed by atoms with Crippen molar-refractivity contribution in [1.29, 1.82) is 0 Å². The van der Waals surface area contributed by atoms with Crippen LogP contribution < -0.4 is 5.09 Å². The van der Waals surface area contributed by atoms with Gasteiger partial charge in [0.1, 0.15) is 6.04 Å². The van der Waals surface area contributed by atoms with Crippen LogP contribution in [0.1, 0.15) is 29.8 Å². The van der Waals surface area contributed by atoms with E-state index in [0.717, 1.165) is 10.9 Å². The molecule has 3 unspecified atom stereocenters. The van der Waals surface area contributed by atoms with E-state index in [4.69, 9.17) is 0 Å². The van der Waals surface area contributed by atoms with Gasteiger partial charge < -0.3 is 15.0 Å². The van der Waals surface area contributed by atoms with Crippen molar-refractivity contribution in [2.45, 2.75) is 18.6 Å². The lowest BCUT2D eigenvalue weighted by atomic mass is 10.1. The smallest absolute Gasteiger partial charge is 0.325 e. The zero-order valence-electron chi connectivity index (χ0n) is 13.6. The number of rotatable bonds is 6. The minimum atomic E-state index is -4.00. The van der Waals surface area contributed by atoms with Crippen LogP contribution in [0.2, 0.25) is 0 Å². The molecule has 130 valence electrons. The molecule has 0 spiro atoms. The first-order chi connectivity index (χ1) is 11.9. The van der Waals surface area contributed by atoms with Crippen molar-refractivity contribution in [3.05, 3.63) is 71.9 Å². The third kappa shape index (κ3) is 3.51. The molecule has 0 bridgehead atoms. The number of benzene rings is 2. The predicted octanol–water partition coefficient (Wildman–Crippen LogP) is 3.83. The lowest BCUT2D eigenvalue weighted by Crippen LogP contribution is -2.27. The number of hydrogen-bond donors (Lipinski definition) is 4. The lowest BCUT2D eigenvalue weighted by Gasteiger charge is -2.24. The van der Waals surface area contributed by atoms with Gasteiger partial charge in [0.05, 0.1) is 5.66 Å². The Kier molecular flexibility index (Phi) is 4.77. The van der Waals surface area contributed by atoms with Crippen LogP contribution in [0.25, 0.3) is 10.9 Å². The van der Waals surface area contributed by atoms with Crippen LogP contribution in [-0.4, -0.2) is 21.0 Å². The number of carboxylic acids is 1. The van der Waals surface area contributed by atoms with Crippen molar-refractivity contribution in [2.24, 2.45) is 0 Å². The van der Waals surface area contributed by atoms with Crippen LogP contribution in [0, 0.1) is 0 Å². The summed E-state index contributed by atoms with van der Waals surface area (Å²) in [4.78, 5) is 25.2. The first-order valence-electron chi connectivity index (χ1n) is 7.84. The fraction of sp³-hybridized carbons (Fsp3) is 0.167. The second-order valence-corrected chi connectivity index (χ2v) is 8.18. The molecule has 0 radical (unpaired) electrons. The van der Waals surface area contributed by atoms with E-state index in [0.29, 0.717) is 11.1 Å². The Labute approximate surface area is 145 Å². The molecule has 7 heteroatoms. The zero-order valence-corrected chi connectivity index (χ0v) is 14.5. The number of H-pyrrole nitrogens is 1. The Morgan fingerprint density at radius 2 is 1.76 bits per heavy atom. The maximum absolute atomic E-state index is 12.9. The monoisotopic (exact) mass is 358 g/mol. The molecule has 0 amide bonds. The van der Waals surface area contributed by atoms with E-state index in [1.165, 1.54) is 0 Å². The molecule has 1 heterocycles. The highest BCUT2D eigenvalue weighted by Crippen LogP contribution is 2.54. The number of para-hydroxylation sites is 1. The molecule has 0 saturated carbocycles. The van der Waals surface area contributed by atoms with Crippen LogP contribution in [0.3, 0.4) is 0 Å². The van der Waals surface area contributed by atoms with Crippen LogP contribution in [0.15, 0.2) is 60.8 Å². The van der Waals surface area contributed by atoms with Crippen LogP contribution in [-0.2, 0) is 9.36 Å². The van der Waals surface area contributed by atoms with Crippen molar-refractivity contribution in [2.75, 3.05) is 0 Å². The highest BCUT2D eigenvalue weighted by molar-refractivity contribution is 7.56. The van der Waals surface area contributed by atoms with Crippen LogP contribution >= 0.6 is 7.52 Å². The Morgan fingerprint density at radius 1 is 1.12 bits per heavy atom. The van der Waals surface area contributed by atoms with Gasteiger partial charge in [-0.1, -0.05) is 48.5 Å². The maximum Gasteiger partial charge on any atom is 0.325 e. The lowest BCUT2D eigenvalue weighted by molar-refractivity contribution is -0.139. The Bertz CT molecular complexity index is 938. The summed E-state index contributed by atoms with van der Waals surface area (Å²) < 4.78 is 12.9. The van der Waals surface area contributed by atoms with E-state index in [9.17, 15) is 19.4 Å². The summed E-state index contributed by atoms with van der Waals surface area (Å²) in [5.74, 6) is -1.20. The van der Waals surface area contributed by atoms with Crippen molar-refractivity contribution in [3.8, 4) is 0 Å². The summed E-state index contributed by atoms with van der Waals surface area (Å²) in [7, 11) is -4.00. The molecule has 0 aliphatic carbocycles. The van der Waals surface area contributed by atoms with E-state index < -0.39 is 25.2 Å². The van der Waals surface area contributed by atoms with E-state index in [2.05, 4.69) is 10.1 Å². The molecule has 0 fully saturated rings. The molecular formula is C18H19N2O4P. The zero-order chi connectivity index (χ0) is 18.0. The second kappa shape index (κ2) is 6.84.